The molecule has 0 heterocycles. The second-order valence-corrected chi connectivity index (χ2v) is 6.13. The number of nitrogens with one attached hydrogen (secondary N) is 1. The van der Waals surface area contributed by atoms with Gasteiger partial charge in [0.15, 0.2) is 0 Å². The van der Waals surface area contributed by atoms with Crippen molar-refractivity contribution in [1.29, 1.82) is 0 Å². The Morgan fingerprint density at radius 2 is 1.82 bits per heavy atom. The number of amides is 2. The maximum Gasteiger partial charge on any atom is 0.251 e. The molecule has 1 saturated carbocycles. The van der Waals surface area contributed by atoms with E-state index in [1.165, 1.54) is 0 Å². The summed E-state index contributed by atoms with van der Waals surface area (Å²) in [4.78, 5) is 26.0. The first-order chi connectivity index (χ1) is 10.5. The van der Waals surface area contributed by atoms with E-state index in [2.05, 4.69) is 5.32 Å². The minimum absolute atomic E-state index is 0.107. The Hall–Kier alpha value is -1.88. The van der Waals surface area contributed by atoms with Crippen molar-refractivity contribution in [1.82, 2.24) is 10.2 Å². The summed E-state index contributed by atoms with van der Waals surface area (Å²) in [6.07, 6.45) is 3.94. The molecular formula is C17H25N3O2. The van der Waals surface area contributed by atoms with Crippen LogP contribution in [0.15, 0.2) is 24.3 Å². The summed E-state index contributed by atoms with van der Waals surface area (Å²) in [7, 11) is 3.43. The Kier molecular flexibility index (Phi) is 5.19. The summed E-state index contributed by atoms with van der Waals surface area (Å²) in [5, 5.41) is 2.59. The van der Waals surface area contributed by atoms with Crippen molar-refractivity contribution in [2.45, 2.75) is 32.2 Å². The van der Waals surface area contributed by atoms with Crippen molar-refractivity contribution in [3.63, 3.8) is 0 Å². The number of rotatable bonds is 5. The lowest BCUT2D eigenvalue weighted by Gasteiger charge is -2.31. The zero-order valence-corrected chi connectivity index (χ0v) is 13.4. The molecule has 1 aromatic carbocycles. The number of hydrogen-bond acceptors (Lipinski definition) is 3. The normalized spacial score (nSPS) is 16.3. The van der Waals surface area contributed by atoms with Gasteiger partial charge in [-0.1, -0.05) is 25.0 Å². The van der Waals surface area contributed by atoms with Crippen LogP contribution in [0.5, 0.6) is 0 Å². The van der Waals surface area contributed by atoms with Gasteiger partial charge in [0.05, 0.1) is 5.41 Å². The van der Waals surface area contributed by atoms with Crippen LogP contribution in [0, 0.1) is 5.41 Å². The maximum absolute atomic E-state index is 12.7. The quantitative estimate of drug-likeness (QED) is 0.866. The summed E-state index contributed by atoms with van der Waals surface area (Å²) in [6, 6.07) is 7.33. The van der Waals surface area contributed by atoms with Crippen LogP contribution in [0.2, 0.25) is 0 Å². The second kappa shape index (κ2) is 6.92. The maximum atomic E-state index is 12.7. The van der Waals surface area contributed by atoms with Crippen LogP contribution in [-0.2, 0) is 11.3 Å². The molecule has 0 saturated heterocycles. The van der Waals surface area contributed by atoms with E-state index in [9.17, 15) is 9.59 Å². The zero-order chi connectivity index (χ0) is 16.2. The van der Waals surface area contributed by atoms with Gasteiger partial charge >= 0.3 is 0 Å². The summed E-state index contributed by atoms with van der Waals surface area (Å²) in [5.74, 6) is 0.0342. The number of carbonyl (C=O) groups is 2. The van der Waals surface area contributed by atoms with Crippen LogP contribution in [0.1, 0.15) is 41.6 Å². The summed E-state index contributed by atoms with van der Waals surface area (Å²) in [6.45, 7) is 0.959. The van der Waals surface area contributed by atoms with Gasteiger partial charge in [0.1, 0.15) is 0 Å². The zero-order valence-electron chi connectivity index (χ0n) is 13.4. The molecule has 22 heavy (non-hydrogen) atoms. The molecule has 1 aromatic rings. The number of benzene rings is 1. The molecule has 0 aromatic heterocycles. The van der Waals surface area contributed by atoms with E-state index in [0.29, 0.717) is 18.7 Å². The SMILES string of the molecule is CNC(=O)c1ccc(CN(C)C(=O)C2(CN)CCCC2)cc1. The van der Waals surface area contributed by atoms with Gasteiger partial charge in [-0.25, -0.2) is 0 Å². The Morgan fingerprint density at radius 3 is 2.32 bits per heavy atom. The van der Waals surface area contributed by atoms with Crippen molar-refractivity contribution in [2.24, 2.45) is 11.1 Å². The predicted molar refractivity (Wildman–Crippen MR) is 86.3 cm³/mol. The third-order valence-electron chi connectivity index (χ3n) is 4.61. The van der Waals surface area contributed by atoms with E-state index in [4.69, 9.17) is 5.73 Å². The van der Waals surface area contributed by atoms with Gasteiger partial charge in [0, 0.05) is 32.7 Å². The molecule has 1 aliphatic carbocycles. The molecule has 5 nitrogen and oxygen atoms in total. The number of nitrogens with two attached hydrogens (primary N) is 1. The number of nitrogens with zero attached hydrogens (tertiary/aromatic N) is 1. The second-order valence-electron chi connectivity index (χ2n) is 6.13. The van der Waals surface area contributed by atoms with Crippen molar-refractivity contribution in [2.75, 3.05) is 20.6 Å². The first-order valence-electron chi connectivity index (χ1n) is 7.79. The number of carbonyl (C=O) groups excluding carboxylic acids is 2. The molecule has 2 rings (SSSR count). The lowest BCUT2D eigenvalue weighted by molar-refractivity contribution is -0.140. The molecule has 1 fully saturated rings. The van der Waals surface area contributed by atoms with Crippen LogP contribution in [-0.4, -0.2) is 37.4 Å². The van der Waals surface area contributed by atoms with Gasteiger partial charge in [0.2, 0.25) is 5.91 Å². The van der Waals surface area contributed by atoms with E-state index in [1.54, 1.807) is 24.1 Å². The van der Waals surface area contributed by atoms with Gasteiger partial charge in [-0.15, -0.1) is 0 Å². The lowest BCUT2D eigenvalue weighted by Crippen LogP contribution is -2.44. The predicted octanol–water partition coefficient (Wildman–Crippen LogP) is 1.52. The minimum atomic E-state index is -0.364. The molecule has 120 valence electrons. The van der Waals surface area contributed by atoms with Crippen molar-refractivity contribution in [3.05, 3.63) is 35.4 Å². The van der Waals surface area contributed by atoms with Crippen LogP contribution in [0.25, 0.3) is 0 Å². The highest BCUT2D eigenvalue weighted by Gasteiger charge is 2.41. The molecule has 0 unspecified atom stereocenters. The Labute approximate surface area is 131 Å². The monoisotopic (exact) mass is 303 g/mol. The van der Waals surface area contributed by atoms with Gasteiger partial charge in [-0.05, 0) is 30.5 Å². The van der Waals surface area contributed by atoms with E-state index in [-0.39, 0.29) is 17.2 Å². The average molecular weight is 303 g/mol. The van der Waals surface area contributed by atoms with Crippen molar-refractivity contribution >= 4 is 11.8 Å². The molecular weight excluding hydrogens is 278 g/mol. The highest BCUT2D eigenvalue weighted by Crippen LogP contribution is 2.38. The molecule has 3 N–H and O–H groups in total. The third kappa shape index (κ3) is 3.30. The van der Waals surface area contributed by atoms with Crippen LogP contribution in [0.4, 0.5) is 0 Å². The molecule has 1 aliphatic rings. The fourth-order valence-electron chi connectivity index (χ4n) is 3.21. The van der Waals surface area contributed by atoms with Gasteiger partial charge < -0.3 is 16.0 Å². The van der Waals surface area contributed by atoms with E-state index < -0.39 is 0 Å². The van der Waals surface area contributed by atoms with Crippen molar-refractivity contribution in [3.8, 4) is 0 Å². The average Bonchev–Trinajstić information content (AvgIpc) is 3.04. The Bertz CT molecular complexity index is 533. The van der Waals surface area contributed by atoms with Crippen molar-refractivity contribution < 1.29 is 9.59 Å². The molecule has 0 bridgehead atoms. The van der Waals surface area contributed by atoms with Crippen LogP contribution >= 0.6 is 0 Å². The van der Waals surface area contributed by atoms with Crippen LogP contribution < -0.4 is 11.1 Å². The standard InChI is InChI=1S/C17H25N3O2/c1-19-15(21)14-7-5-13(6-8-14)11-20(2)16(22)17(12-18)9-3-4-10-17/h5-8H,3-4,9-12,18H2,1-2H3,(H,19,21). The van der Waals surface area contributed by atoms with E-state index >= 15 is 0 Å². The summed E-state index contributed by atoms with van der Waals surface area (Å²) >= 11 is 0. The first-order valence-corrected chi connectivity index (χ1v) is 7.79. The third-order valence-corrected chi connectivity index (χ3v) is 4.61. The smallest absolute Gasteiger partial charge is 0.251 e. The largest absolute Gasteiger partial charge is 0.355 e. The number of hydrogen-bond donors (Lipinski definition) is 2. The highest BCUT2D eigenvalue weighted by molar-refractivity contribution is 5.93. The van der Waals surface area contributed by atoms with Gasteiger partial charge in [-0.2, -0.15) is 0 Å². The van der Waals surface area contributed by atoms with Gasteiger partial charge in [-0.3, -0.25) is 9.59 Å². The summed E-state index contributed by atoms with van der Waals surface area (Å²) < 4.78 is 0. The fraction of sp³-hybridized carbons (Fsp3) is 0.529. The van der Waals surface area contributed by atoms with Gasteiger partial charge in [0.25, 0.3) is 5.91 Å². The van der Waals surface area contributed by atoms with E-state index in [0.717, 1.165) is 31.2 Å². The Morgan fingerprint density at radius 1 is 1.23 bits per heavy atom. The molecule has 5 heteroatoms. The summed E-state index contributed by atoms with van der Waals surface area (Å²) in [5.41, 5.74) is 7.14. The molecule has 0 radical (unpaired) electrons. The molecule has 0 spiro atoms. The fourth-order valence-corrected chi connectivity index (χ4v) is 3.21. The minimum Gasteiger partial charge on any atom is -0.355 e. The molecule has 0 atom stereocenters. The molecule has 0 aliphatic heterocycles. The Balaban J connectivity index is 2.03. The topological polar surface area (TPSA) is 75.4 Å². The van der Waals surface area contributed by atoms with Crippen LogP contribution in [0.3, 0.4) is 0 Å². The first kappa shape index (κ1) is 16.5. The lowest BCUT2D eigenvalue weighted by atomic mass is 9.84. The molecule has 2 amide bonds. The highest BCUT2D eigenvalue weighted by atomic mass is 16.2. The van der Waals surface area contributed by atoms with E-state index in [1.807, 2.05) is 19.2 Å².